The molecule has 4 aromatic rings. The Morgan fingerprint density at radius 3 is 2.31 bits per heavy atom. The second-order valence-corrected chi connectivity index (χ2v) is 9.57. The van der Waals surface area contributed by atoms with Crippen molar-refractivity contribution in [3.63, 3.8) is 0 Å². The smallest absolute Gasteiger partial charge is 0.258 e. The van der Waals surface area contributed by atoms with Crippen LogP contribution in [0.15, 0.2) is 48.5 Å². The fourth-order valence-electron chi connectivity index (χ4n) is 3.96. The highest BCUT2D eigenvalue weighted by atomic mass is 35.5. The van der Waals surface area contributed by atoms with Gasteiger partial charge in [0.15, 0.2) is 5.11 Å². The van der Waals surface area contributed by atoms with Gasteiger partial charge < -0.3 is 10.2 Å². The van der Waals surface area contributed by atoms with Crippen molar-refractivity contribution in [3.05, 3.63) is 75.3 Å². The zero-order valence-electron chi connectivity index (χ0n) is 20.4. The molecule has 1 heterocycles. The number of carbonyl (C=O) groups is 1. The molecule has 10 heteroatoms. The van der Waals surface area contributed by atoms with E-state index in [1.807, 2.05) is 25.1 Å². The first-order chi connectivity index (χ1) is 17.2. The van der Waals surface area contributed by atoms with Crippen molar-refractivity contribution < 1.29 is 4.79 Å². The monoisotopic (exact) mass is 540 g/mol. The molecule has 0 unspecified atom stereocenters. The van der Waals surface area contributed by atoms with Crippen LogP contribution in [0.3, 0.4) is 0 Å². The number of halogens is 2. The first kappa shape index (κ1) is 25.9. The van der Waals surface area contributed by atoms with Gasteiger partial charge in [0.1, 0.15) is 11.0 Å². The predicted octanol–water partition coefficient (Wildman–Crippen LogP) is 6.32. The third-order valence-corrected chi connectivity index (χ3v) is 6.65. The summed E-state index contributed by atoms with van der Waals surface area (Å²) in [5, 5.41) is 15.9. The molecular formula is C26H26Cl2N6OS. The molecule has 36 heavy (non-hydrogen) atoms. The number of fused-ring (bicyclic) bond motifs is 1. The number of hydrogen-bond donors (Lipinski definition) is 2. The van der Waals surface area contributed by atoms with Crippen molar-refractivity contribution in [3.8, 4) is 5.69 Å². The molecule has 186 valence electrons. The molecule has 0 spiro atoms. The van der Waals surface area contributed by atoms with Gasteiger partial charge in [-0.25, -0.2) is 0 Å². The molecule has 3 aromatic carbocycles. The molecule has 0 radical (unpaired) electrons. The lowest BCUT2D eigenvalue weighted by Gasteiger charge is -2.22. The molecule has 7 nitrogen and oxygen atoms in total. The van der Waals surface area contributed by atoms with Crippen LogP contribution in [0.1, 0.15) is 35.3 Å². The van der Waals surface area contributed by atoms with Crippen LogP contribution >= 0.6 is 35.4 Å². The third-order valence-electron chi connectivity index (χ3n) is 5.90. The fourth-order valence-corrected chi connectivity index (χ4v) is 4.65. The van der Waals surface area contributed by atoms with Gasteiger partial charge in [0.25, 0.3) is 5.91 Å². The van der Waals surface area contributed by atoms with Gasteiger partial charge >= 0.3 is 0 Å². The van der Waals surface area contributed by atoms with Gasteiger partial charge in [0, 0.05) is 29.5 Å². The highest BCUT2D eigenvalue weighted by molar-refractivity contribution is 7.80. The van der Waals surface area contributed by atoms with Crippen LogP contribution in [-0.4, -0.2) is 39.1 Å². The van der Waals surface area contributed by atoms with Gasteiger partial charge in [-0.05, 0) is 99.6 Å². The molecule has 0 bridgehead atoms. The number of thiocarbonyl (C=S) groups is 1. The number of amides is 1. The van der Waals surface area contributed by atoms with Gasteiger partial charge in [0.2, 0.25) is 0 Å². The molecule has 0 aliphatic carbocycles. The number of aromatic nitrogens is 3. The highest BCUT2D eigenvalue weighted by Crippen LogP contribution is 2.25. The maximum atomic E-state index is 12.6. The Hall–Kier alpha value is -3.20. The van der Waals surface area contributed by atoms with Gasteiger partial charge in [-0.2, -0.15) is 4.80 Å². The molecule has 1 amide bonds. The molecule has 0 aliphatic rings. The summed E-state index contributed by atoms with van der Waals surface area (Å²) >= 11 is 17.4. The van der Waals surface area contributed by atoms with Crippen LogP contribution in [0.2, 0.25) is 10.0 Å². The van der Waals surface area contributed by atoms with Crippen LogP contribution in [0.5, 0.6) is 0 Å². The number of hydrogen-bond acceptors (Lipinski definition) is 5. The molecule has 2 N–H and O–H groups in total. The normalized spacial score (nSPS) is 10.9. The van der Waals surface area contributed by atoms with Crippen LogP contribution in [0, 0.1) is 13.8 Å². The zero-order valence-corrected chi connectivity index (χ0v) is 22.7. The first-order valence-electron chi connectivity index (χ1n) is 11.5. The van der Waals surface area contributed by atoms with E-state index in [0.29, 0.717) is 10.5 Å². The molecule has 1 aromatic heterocycles. The van der Waals surface area contributed by atoms with E-state index in [1.165, 1.54) is 11.8 Å². The Bertz CT molecular complexity index is 1460. The predicted molar refractivity (Wildman–Crippen MR) is 152 cm³/mol. The largest absolute Gasteiger partial charge is 0.372 e. The molecular weight excluding hydrogens is 515 g/mol. The number of nitrogens with zero attached hydrogens (tertiary/aromatic N) is 4. The number of nitrogens with one attached hydrogen (secondary N) is 2. The van der Waals surface area contributed by atoms with Crippen LogP contribution in [-0.2, 0) is 0 Å². The van der Waals surface area contributed by atoms with Crippen molar-refractivity contribution in [1.29, 1.82) is 0 Å². The lowest BCUT2D eigenvalue weighted by atomic mass is 10.1. The van der Waals surface area contributed by atoms with Gasteiger partial charge in [-0.15, -0.1) is 10.2 Å². The summed E-state index contributed by atoms with van der Waals surface area (Å²) in [5.41, 5.74) is 6.54. The maximum Gasteiger partial charge on any atom is 0.258 e. The quantitative estimate of drug-likeness (QED) is 0.279. The summed E-state index contributed by atoms with van der Waals surface area (Å²) < 4.78 is 0. The molecule has 0 saturated heterocycles. The van der Waals surface area contributed by atoms with E-state index in [2.05, 4.69) is 58.6 Å². The average Bonchev–Trinajstić information content (AvgIpc) is 3.22. The number of aryl methyl sites for hydroxylation is 2. The molecule has 0 aliphatic heterocycles. The average molecular weight is 542 g/mol. The van der Waals surface area contributed by atoms with E-state index < -0.39 is 5.91 Å². The second-order valence-electron chi connectivity index (χ2n) is 8.32. The van der Waals surface area contributed by atoms with Gasteiger partial charge in [-0.1, -0.05) is 23.2 Å². The Morgan fingerprint density at radius 2 is 1.67 bits per heavy atom. The lowest BCUT2D eigenvalue weighted by molar-refractivity contribution is 0.0978. The van der Waals surface area contributed by atoms with Crippen molar-refractivity contribution in [2.75, 3.05) is 23.3 Å². The fraction of sp³-hybridized carbons (Fsp3) is 0.231. The summed E-state index contributed by atoms with van der Waals surface area (Å²) in [6.45, 7) is 10.2. The summed E-state index contributed by atoms with van der Waals surface area (Å²) in [5.74, 6) is -0.428. The van der Waals surface area contributed by atoms with Crippen LogP contribution in [0.4, 0.5) is 11.4 Å². The SMILES string of the molecule is CCN(CC)c1ccc(-n2nc3cc(C)c(NC(=S)NC(=O)c4ccc(Cl)cc4Cl)cc3n2)c(C)c1. The van der Waals surface area contributed by atoms with Crippen LogP contribution in [0.25, 0.3) is 16.7 Å². The zero-order chi connectivity index (χ0) is 26.0. The molecule has 0 atom stereocenters. The Labute approximate surface area is 225 Å². The number of benzene rings is 3. The van der Waals surface area contributed by atoms with Crippen molar-refractivity contribution in [1.82, 2.24) is 20.3 Å². The summed E-state index contributed by atoms with van der Waals surface area (Å²) in [7, 11) is 0. The van der Waals surface area contributed by atoms with E-state index in [1.54, 1.807) is 16.9 Å². The maximum absolute atomic E-state index is 12.6. The highest BCUT2D eigenvalue weighted by Gasteiger charge is 2.15. The third kappa shape index (κ3) is 5.46. The minimum absolute atomic E-state index is 0.142. The topological polar surface area (TPSA) is 75.1 Å². The molecule has 0 fully saturated rings. The van der Waals surface area contributed by atoms with Gasteiger partial charge in [-0.3, -0.25) is 10.1 Å². The van der Waals surface area contributed by atoms with E-state index >= 15 is 0 Å². The summed E-state index contributed by atoms with van der Waals surface area (Å²) in [4.78, 5) is 16.5. The van der Waals surface area contributed by atoms with E-state index in [-0.39, 0.29) is 15.7 Å². The lowest BCUT2D eigenvalue weighted by Crippen LogP contribution is -2.34. The summed E-state index contributed by atoms with van der Waals surface area (Å²) in [6, 6.07) is 14.7. The minimum atomic E-state index is -0.428. The Morgan fingerprint density at radius 1 is 0.972 bits per heavy atom. The van der Waals surface area contributed by atoms with E-state index in [0.717, 1.165) is 41.1 Å². The Balaban J connectivity index is 1.54. The molecule has 4 rings (SSSR count). The van der Waals surface area contributed by atoms with E-state index in [4.69, 9.17) is 35.4 Å². The number of anilines is 2. The van der Waals surface area contributed by atoms with Gasteiger partial charge in [0.05, 0.1) is 16.3 Å². The molecule has 0 saturated carbocycles. The number of carbonyl (C=O) groups excluding carboxylic acids is 1. The summed E-state index contributed by atoms with van der Waals surface area (Å²) in [6.07, 6.45) is 0. The van der Waals surface area contributed by atoms with Crippen molar-refractivity contribution >= 4 is 68.8 Å². The minimum Gasteiger partial charge on any atom is -0.372 e. The first-order valence-corrected chi connectivity index (χ1v) is 12.7. The van der Waals surface area contributed by atoms with E-state index in [9.17, 15) is 4.79 Å². The Kier molecular flexibility index (Phi) is 7.78. The number of rotatable bonds is 6. The second kappa shape index (κ2) is 10.8. The van der Waals surface area contributed by atoms with Crippen molar-refractivity contribution in [2.45, 2.75) is 27.7 Å². The standard InChI is InChI=1S/C26H26Cl2N6OS/c1-5-33(6-2)18-8-10-24(16(4)11-18)34-31-22-12-15(3)21(14-23(22)32-34)29-26(36)30-25(35)19-9-7-17(27)13-20(19)28/h7-14H,5-6H2,1-4H3,(H2,29,30,35,36). The van der Waals surface area contributed by atoms with Crippen LogP contribution < -0.4 is 15.5 Å². The van der Waals surface area contributed by atoms with Crippen molar-refractivity contribution in [2.24, 2.45) is 0 Å².